The number of nitrogens with zero attached hydrogens (tertiary/aromatic N) is 5. The molecule has 2 bridgehead atoms. The number of anilines is 2. The molecule has 5 heterocycles. The molecule has 4 atom stereocenters. The Hall–Kier alpha value is -3.81. The molecular formula is C25H23N5O3. The number of hydrogen-bond donors (Lipinski definition) is 0. The first-order valence-electron chi connectivity index (χ1n) is 11.2. The van der Waals surface area contributed by atoms with Crippen molar-refractivity contribution in [2.45, 2.75) is 18.9 Å². The smallest absolute Gasteiger partial charge is 0.255 e. The summed E-state index contributed by atoms with van der Waals surface area (Å²) in [5.74, 6) is -0.392. The zero-order valence-corrected chi connectivity index (χ0v) is 18.2. The third-order valence-electron chi connectivity index (χ3n) is 7.34. The summed E-state index contributed by atoms with van der Waals surface area (Å²) in [6.45, 7) is 0.605. The highest BCUT2D eigenvalue weighted by Crippen LogP contribution is 2.50. The molecule has 3 saturated heterocycles. The van der Waals surface area contributed by atoms with Gasteiger partial charge in [0.05, 0.1) is 23.2 Å². The molecule has 4 aliphatic rings. The Morgan fingerprint density at radius 2 is 1.64 bits per heavy atom. The van der Waals surface area contributed by atoms with Gasteiger partial charge in [-0.25, -0.2) is 9.88 Å². The molecule has 3 aromatic rings. The lowest BCUT2D eigenvalue weighted by atomic mass is 9.66. The number of imide groups is 1. The van der Waals surface area contributed by atoms with E-state index in [4.69, 9.17) is 4.98 Å². The van der Waals surface area contributed by atoms with Gasteiger partial charge >= 0.3 is 0 Å². The van der Waals surface area contributed by atoms with Gasteiger partial charge in [0.2, 0.25) is 17.8 Å². The highest BCUT2D eigenvalue weighted by molar-refractivity contribution is 6.22. The number of para-hydroxylation sites is 1. The Kier molecular flexibility index (Phi) is 4.43. The fourth-order valence-electron chi connectivity index (χ4n) is 5.82. The number of carbonyl (C=O) groups is 2. The van der Waals surface area contributed by atoms with Crippen LogP contribution in [-0.4, -0.2) is 38.9 Å². The topological polar surface area (TPSA) is 88.4 Å². The number of carbonyl (C=O) groups excluding carboxylic acids is 2. The van der Waals surface area contributed by atoms with Gasteiger partial charge < -0.3 is 4.90 Å². The third-order valence-corrected chi connectivity index (χ3v) is 7.34. The molecule has 0 radical (unpaired) electrons. The van der Waals surface area contributed by atoms with Crippen LogP contribution in [0.4, 0.5) is 11.6 Å². The first-order valence-corrected chi connectivity index (χ1v) is 11.2. The van der Waals surface area contributed by atoms with Crippen LogP contribution >= 0.6 is 0 Å². The van der Waals surface area contributed by atoms with Crippen LogP contribution in [0, 0.1) is 17.8 Å². The monoisotopic (exact) mass is 441 g/mol. The van der Waals surface area contributed by atoms with Crippen LogP contribution in [0.5, 0.6) is 0 Å². The minimum atomic E-state index is -0.424. The van der Waals surface area contributed by atoms with E-state index in [2.05, 4.69) is 9.88 Å². The van der Waals surface area contributed by atoms with Gasteiger partial charge in [0.25, 0.3) is 5.56 Å². The van der Waals surface area contributed by atoms with Crippen molar-refractivity contribution in [1.29, 1.82) is 0 Å². The van der Waals surface area contributed by atoms with Crippen molar-refractivity contribution >= 4 is 23.5 Å². The van der Waals surface area contributed by atoms with Crippen molar-refractivity contribution in [1.82, 2.24) is 14.5 Å². The number of amides is 2. The molecular weight excluding hydrogens is 418 g/mol. The summed E-state index contributed by atoms with van der Waals surface area (Å²) in [6, 6.07) is 14.1. The van der Waals surface area contributed by atoms with Crippen molar-refractivity contribution in [2.75, 3.05) is 16.3 Å². The Morgan fingerprint density at radius 1 is 0.909 bits per heavy atom. The lowest BCUT2D eigenvalue weighted by Gasteiger charge is -2.50. The second-order valence-electron chi connectivity index (χ2n) is 9.03. The summed E-state index contributed by atoms with van der Waals surface area (Å²) in [5.41, 5.74) is 1.85. The summed E-state index contributed by atoms with van der Waals surface area (Å²) < 4.78 is 1.54. The summed E-state index contributed by atoms with van der Waals surface area (Å²) in [5, 5.41) is 0. The number of piperidine rings is 2. The maximum atomic E-state index is 13.5. The third kappa shape index (κ3) is 2.93. The van der Waals surface area contributed by atoms with Crippen molar-refractivity contribution in [3.05, 3.63) is 71.3 Å². The fraction of sp³-hybridized carbons (Fsp3) is 0.320. The van der Waals surface area contributed by atoms with Gasteiger partial charge in [0.15, 0.2) is 0 Å². The molecule has 33 heavy (non-hydrogen) atoms. The molecule has 1 aliphatic carbocycles. The van der Waals surface area contributed by atoms with Gasteiger partial charge in [-0.05, 0) is 43.0 Å². The van der Waals surface area contributed by atoms with E-state index in [-0.39, 0.29) is 35.3 Å². The molecule has 0 N–H and O–H groups in total. The molecule has 3 aliphatic heterocycles. The van der Waals surface area contributed by atoms with E-state index in [0.717, 1.165) is 18.4 Å². The molecule has 4 unspecified atom stereocenters. The normalized spacial score (nSPS) is 26.1. The number of pyridine rings is 1. The van der Waals surface area contributed by atoms with Gasteiger partial charge in [0, 0.05) is 43.7 Å². The van der Waals surface area contributed by atoms with Crippen LogP contribution < -0.4 is 15.4 Å². The maximum Gasteiger partial charge on any atom is 0.255 e. The fourth-order valence-corrected chi connectivity index (χ4v) is 5.82. The van der Waals surface area contributed by atoms with E-state index in [9.17, 15) is 14.4 Å². The van der Waals surface area contributed by atoms with E-state index in [1.807, 2.05) is 30.3 Å². The molecule has 2 amide bonds. The summed E-state index contributed by atoms with van der Waals surface area (Å²) in [7, 11) is 1.71. The van der Waals surface area contributed by atoms with Crippen LogP contribution in [0.3, 0.4) is 0 Å². The van der Waals surface area contributed by atoms with Crippen molar-refractivity contribution in [3.63, 3.8) is 0 Å². The average Bonchev–Trinajstić information content (AvgIpc) is 3.14. The van der Waals surface area contributed by atoms with Gasteiger partial charge in [0.1, 0.15) is 0 Å². The summed E-state index contributed by atoms with van der Waals surface area (Å²) in [6.07, 6.45) is 5.02. The van der Waals surface area contributed by atoms with Crippen LogP contribution in [0.2, 0.25) is 0 Å². The first kappa shape index (κ1) is 19.8. The first-order chi connectivity index (χ1) is 16.0. The Bertz CT molecular complexity index is 1310. The summed E-state index contributed by atoms with van der Waals surface area (Å²) in [4.78, 5) is 52.0. The van der Waals surface area contributed by atoms with E-state index >= 15 is 0 Å². The number of fused-ring (bicyclic) bond motifs is 2. The predicted octanol–water partition coefficient (Wildman–Crippen LogP) is 2.25. The minimum absolute atomic E-state index is 0.0478. The zero-order chi connectivity index (χ0) is 22.7. The molecule has 8 heteroatoms. The average molecular weight is 441 g/mol. The van der Waals surface area contributed by atoms with Crippen molar-refractivity contribution < 1.29 is 9.59 Å². The molecule has 8 nitrogen and oxygen atoms in total. The highest BCUT2D eigenvalue weighted by atomic mass is 16.2. The van der Waals surface area contributed by atoms with Crippen LogP contribution in [0.1, 0.15) is 12.8 Å². The number of aromatic nitrogens is 3. The van der Waals surface area contributed by atoms with Crippen molar-refractivity contribution in [2.24, 2.45) is 24.8 Å². The number of rotatable bonds is 3. The van der Waals surface area contributed by atoms with E-state index in [1.54, 1.807) is 31.6 Å². The Balaban J connectivity index is 1.41. The van der Waals surface area contributed by atoms with Crippen LogP contribution in [0.25, 0.3) is 11.3 Å². The van der Waals surface area contributed by atoms with Gasteiger partial charge in [-0.15, -0.1) is 0 Å². The predicted molar refractivity (Wildman–Crippen MR) is 122 cm³/mol. The standard InChI is InChI=1S/C25H23N5O3/c1-28-20(31)13-18(15-9-11-26-12-10-15)27-25(28)29-14-16-7-8-19(29)22-21(16)23(32)30(24(22)33)17-5-3-2-4-6-17/h2-6,9-13,16,19,21-22H,7-8,14H2,1H3. The SMILES string of the molecule is Cn1c(N2CC3CCC2C2C(=O)N(c4ccccc4)C(=O)C32)nc(-c2ccncc2)cc1=O. The zero-order valence-electron chi connectivity index (χ0n) is 18.2. The largest absolute Gasteiger partial charge is 0.338 e. The molecule has 4 fully saturated rings. The van der Waals surface area contributed by atoms with Crippen molar-refractivity contribution in [3.8, 4) is 11.3 Å². The minimum Gasteiger partial charge on any atom is -0.338 e. The lowest BCUT2D eigenvalue weighted by molar-refractivity contribution is -0.125. The Labute approximate surface area is 190 Å². The second-order valence-corrected chi connectivity index (χ2v) is 9.03. The quantitative estimate of drug-likeness (QED) is 0.580. The molecule has 0 spiro atoms. The lowest BCUT2D eigenvalue weighted by Crippen LogP contribution is -2.59. The second kappa shape index (κ2) is 7.37. The molecule has 1 saturated carbocycles. The Morgan fingerprint density at radius 3 is 2.39 bits per heavy atom. The molecule has 1 aromatic carbocycles. The van der Waals surface area contributed by atoms with E-state index in [1.165, 1.54) is 15.5 Å². The van der Waals surface area contributed by atoms with Gasteiger partial charge in [-0.1, -0.05) is 18.2 Å². The molecule has 7 rings (SSSR count). The number of hydrogen-bond acceptors (Lipinski definition) is 6. The van der Waals surface area contributed by atoms with Gasteiger partial charge in [-0.2, -0.15) is 0 Å². The van der Waals surface area contributed by atoms with Crippen LogP contribution in [-0.2, 0) is 16.6 Å². The van der Waals surface area contributed by atoms with Crippen LogP contribution in [0.15, 0.2) is 65.7 Å². The maximum absolute atomic E-state index is 13.5. The van der Waals surface area contributed by atoms with E-state index in [0.29, 0.717) is 23.9 Å². The molecule has 166 valence electrons. The number of benzene rings is 1. The highest BCUT2D eigenvalue weighted by Gasteiger charge is 2.61. The summed E-state index contributed by atoms with van der Waals surface area (Å²) >= 11 is 0. The van der Waals surface area contributed by atoms with Gasteiger partial charge in [-0.3, -0.25) is 23.9 Å². The molecule has 2 aromatic heterocycles. The van der Waals surface area contributed by atoms with E-state index < -0.39 is 5.92 Å².